The number of rotatable bonds is 4. The molecule has 0 aromatic carbocycles. The lowest BCUT2D eigenvalue weighted by Gasteiger charge is -2.21. The summed E-state index contributed by atoms with van der Waals surface area (Å²) in [4.78, 5) is 10.3. The molecule has 0 radical (unpaired) electrons. The van der Waals surface area contributed by atoms with Crippen molar-refractivity contribution in [1.29, 1.82) is 0 Å². The van der Waals surface area contributed by atoms with Crippen LogP contribution in [0.15, 0.2) is 0 Å². The summed E-state index contributed by atoms with van der Waals surface area (Å²) in [5, 5.41) is 17.1. The number of nitro groups is 1. The average Bonchev–Trinajstić information content (AvgIpc) is 2.98. The van der Waals surface area contributed by atoms with Crippen LogP contribution in [0.4, 0.5) is 24.7 Å². The third-order valence-corrected chi connectivity index (χ3v) is 3.23. The van der Waals surface area contributed by atoms with E-state index in [2.05, 4.69) is 10.4 Å². The predicted molar refractivity (Wildman–Crippen MR) is 60.9 cm³/mol. The van der Waals surface area contributed by atoms with Gasteiger partial charge in [-0.15, -0.1) is 0 Å². The second-order valence-corrected chi connectivity index (χ2v) is 4.56. The zero-order valence-electron chi connectivity index (χ0n) is 10.4. The number of halogens is 3. The lowest BCUT2D eigenvalue weighted by Crippen LogP contribution is -2.39. The molecule has 19 heavy (non-hydrogen) atoms. The summed E-state index contributed by atoms with van der Waals surface area (Å²) < 4.78 is 39.9. The Morgan fingerprint density at radius 3 is 2.47 bits per heavy atom. The summed E-state index contributed by atoms with van der Waals surface area (Å²) in [6.45, 7) is 3.32. The first-order valence-electron chi connectivity index (χ1n) is 5.78. The Kier molecular flexibility index (Phi) is 2.94. The van der Waals surface area contributed by atoms with Gasteiger partial charge in [0.15, 0.2) is 0 Å². The number of nitrogens with one attached hydrogen (secondary N) is 1. The van der Waals surface area contributed by atoms with Crippen molar-refractivity contribution in [3.05, 3.63) is 15.8 Å². The van der Waals surface area contributed by atoms with E-state index in [1.807, 2.05) is 0 Å². The van der Waals surface area contributed by atoms with Gasteiger partial charge in [0.2, 0.25) is 5.82 Å². The molecule has 2 rings (SSSR count). The minimum absolute atomic E-state index is 0.0817. The molecule has 6 nitrogen and oxygen atoms in total. The SMILES string of the molecule is CCn1nc(C)c([N+](=O)[O-])c1NC1(C(F)(F)F)CC1. The summed E-state index contributed by atoms with van der Waals surface area (Å²) in [6, 6.07) is 0. The van der Waals surface area contributed by atoms with Gasteiger partial charge < -0.3 is 5.32 Å². The number of anilines is 1. The van der Waals surface area contributed by atoms with Gasteiger partial charge in [0.25, 0.3) is 0 Å². The highest BCUT2D eigenvalue weighted by molar-refractivity contribution is 5.62. The van der Waals surface area contributed by atoms with E-state index in [0.29, 0.717) is 0 Å². The molecule has 1 heterocycles. The first-order valence-corrected chi connectivity index (χ1v) is 5.78. The Bertz CT molecular complexity index is 520. The van der Waals surface area contributed by atoms with Crippen LogP contribution in [0.25, 0.3) is 0 Å². The number of hydrogen-bond acceptors (Lipinski definition) is 4. The van der Waals surface area contributed by atoms with Crippen LogP contribution < -0.4 is 5.32 Å². The van der Waals surface area contributed by atoms with Gasteiger partial charge in [0.05, 0.1) is 4.92 Å². The van der Waals surface area contributed by atoms with Gasteiger partial charge >= 0.3 is 11.9 Å². The fourth-order valence-corrected chi connectivity index (χ4v) is 1.97. The zero-order chi connectivity index (χ0) is 14.4. The fourth-order valence-electron chi connectivity index (χ4n) is 1.97. The maximum atomic E-state index is 12.9. The van der Waals surface area contributed by atoms with E-state index in [4.69, 9.17) is 0 Å². The van der Waals surface area contributed by atoms with E-state index >= 15 is 0 Å². The summed E-state index contributed by atoms with van der Waals surface area (Å²) >= 11 is 0. The lowest BCUT2D eigenvalue weighted by molar-refractivity contribution is -0.384. The minimum atomic E-state index is -4.43. The van der Waals surface area contributed by atoms with E-state index in [0.717, 1.165) is 0 Å². The molecule has 1 saturated carbocycles. The second-order valence-electron chi connectivity index (χ2n) is 4.56. The van der Waals surface area contributed by atoms with Gasteiger partial charge in [-0.05, 0) is 26.7 Å². The molecule has 1 fully saturated rings. The molecule has 0 saturated heterocycles. The Hall–Kier alpha value is -1.80. The molecule has 1 aliphatic carbocycles. The first-order chi connectivity index (χ1) is 8.72. The molecule has 1 N–H and O–H groups in total. The van der Waals surface area contributed by atoms with Gasteiger partial charge in [-0.1, -0.05) is 0 Å². The third-order valence-electron chi connectivity index (χ3n) is 3.23. The third kappa shape index (κ3) is 2.13. The van der Waals surface area contributed by atoms with Crippen LogP contribution in [0.3, 0.4) is 0 Å². The Balaban J connectivity index is 2.42. The number of aryl methyl sites for hydroxylation is 2. The van der Waals surface area contributed by atoms with Crippen molar-refractivity contribution in [2.45, 2.75) is 44.9 Å². The molecule has 1 aromatic heterocycles. The first kappa shape index (κ1) is 13.6. The van der Waals surface area contributed by atoms with Gasteiger partial charge in [-0.3, -0.25) is 10.1 Å². The quantitative estimate of drug-likeness (QED) is 0.678. The van der Waals surface area contributed by atoms with Gasteiger partial charge in [-0.25, -0.2) is 4.68 Å². The lowest BCUT2D eigenvalue weighted by atomic mass is 10.2. The molecule has 0 aliphatic heterocycles. The molecule has 9 heteroatoms. The molecule has 0 spiro atoms. The highest BCUT2D eigenvalue weighted by Crippen LogP contribution is 2.52. The van der Waals surface area contributed by atoms with Crippen LogP contribution in [-0.4, -0.2) is 26.4 Å². The topological polar surface area (TPSA) is 73.0 Å². The summed E-state index contributed by atoms with van der Waals surface area (Å²) in [7, 11) is 0. The van der Waals surface area contributed by atoms with Crippen molar-refractivity contribution >= 4 is 11.5 Å². The van der Waals surface area contributed by atoms with Crippen molar-refractivity contribution in [2.24, 2.45) is 0 Å². The number of alkyl halides is 3. The predicted octanol–water partition coefficient (Wildman–Crippen LogP) is 2.63. The van der Waals surface area contributed by atoms with E-state index in [1.165, 1.54) is 11.6 Å². The molecule has 106 valence electrons. The van der Waals surface area contributed by atoms with E-state index in [9.17, 15) is 23.3 Å². The molecule has 1 aliphatic rings. The summed E-state index contributed by atoms with van der Waals surface area (Å²) in [6.07, 6.45) is -4.60. The molecule has 0 unspecified atom stereocenters. The van der Waals surface area contributed by atoms with Crippen molar-refractivity contribution in [3.63, 3.8) is 0 Å². The number of nitrogens with zero attached hydrogens (tertiary/aromatic N) is 3. The summed E-state index contributed by atoms with van der Waals surface area (Å²) in [5.74, 6) is -0.167. The van der Waals surface area contributed by atoms with Crippen LogP contribution in [-0.2, 0) is 6.54 Å². The maximum Gasteiger partial charge on any atom is 0.411 e. The van der Waals surface area contributed by atoms with Gasteiger partial charge in [-0.2, -0.15) is 18.3 Å². The van der Waals surface area contributed by atoms with Crippen LogP contribution in [0.1, 0.15) is 25.5 Å². The summed E-state index contributed by atoms with van der Waals surface area (Å²) in [5.41, 5.74) is -2.33. The van der Waals surface area contributed by atoms with E-state index in [1.54, 1.807) is 6.92 Å². The number of hydrogen-bond donors (Lipinski definition) is 1. The normalized spacial score (nSPS) is 17.3. The Labute approximate surface area is 106 Å². The van der Waals surface area contributed by atoms with E-state index in [-0.39, 0.29) is 30.9 Å². The molecule has 0 amide bonds. The molecule has 1 aromatic rings. The van der Waals surface area contributed by atoms with E-state index < -0.39 is 22.3 Å². The van der Waals surface area contributed by atoms with Crippen LogP contribution in [0.5, 0.6) is 0 Å². The minimum Gasteiger partial charge on any atom is -0.351 e. The molecular formula is C10H13F3N4O2. The molecule has 0 bridgehead atoms. The van der Waals surface area contributed by atoms with Gasteiger partial charge in [0.1, 0.15) is 11.2 Å². The van der Waals surface area contributed by atoms with Gasteiger partial charge in [0, 0.05) is 6.54 Å². The van der Waals surface area contributed by atoms with Crippen molar-refractivity contribution < 1.29 is 18.1 Å². The van der Waals surface area contributed by atoms with Crippen molar-refractivity contribution in [3.8, 4) is 0 Å². The number of aromatic nitrogens is 2. The van der Waals surface area contributed by atoms with Crippen LogP contribution >= 0.6 is 0 Å². The van der Waals surface area contributed by atoms with Crippen LogP contribution in [0.2, 0.25) is 0 Å². The molecule has 0 atom stereocenters. The smallest absolute Gasteiger partial charge is 0.351 e. The Morgan fingerprint density at radius 1 is 1.53 bits per heavy atom. The monoisotopic (exact) mass is 278 g/mol. The Morgan fingerprint density at radius 2 is 2.11 bits per heavy atom. The van der Waals surface area contributed by atoms with Crippen molar-refractivity contribution in [2.75, 3.05) is 5.32 Å². The van der Waals surface area contributed by atoms with Crippen LogP contribution in [0, 0.1) is 17.0 Å². The zero-order valence-corrected chi connectivity index (χ0v) is 10.4. The standard InChI is InChI=1S/C10H13F3N4O2/c1-3-16-8(7(17(18)19)6(2)15-16)14-9(4-5-9)10(11,12)13/h14H,3-5H2,1-2H3. The average molecular weight is 278 g/mol. The highest BCUT2D eigenvalue weighted by Gasteiger charge is 2.64. The second kappa shape index (κ2) is 4.10. The maximum absolute atomic E-state index is 12.9. The fraction of sp³-hybridized carbons (Fsp3) is 0.700. The largest absolute Gasteiger partial charge is 0.411 e. The molecular weight excluding hydrogens is 265 g/mol. The van der Waals surface area contributed by atoms with Crippen molar-refractivity contribution in [1.82, 2.24) is 9.78 Å². The highest BCUT2D eigenvalue weighted by atomic mass is 19.4.